The number of ether oxygens (including phenoxy) is 1. The van der Waals surface area contributed by atoms with E-state index in [4.69, 9.17) is 5.26 Å². The van der Waals surface area contributed by atoms with E-state index in [1.807, 2.05) is 6.07 Å². The lowest BCUT2D eigenvalue weighted by Crippen LogP contribution is -2.38. The molecule has 0 aliphatic heterocycles. The molecule has 2 N–H and O–H groups in total. The highest BCUT2D eigenvalue weighted by atomic mass is 19.4. The van der Waals surface area contributed by atoms with Gasteiger partial charge in [0.15, 0.2) is 0 Å². The minimum absolute atomic E-state index is 0.229. The van der Waals surface area contributed by atoms with Crippen molar-refractivity contribution >= 4 is 11.7 Å². The smallest absolute Gasteiger partial charge is 0.406 e. The lowest BCUT2D eigenvalue weighted by atomic mass is 10.0. The highest BCUT2D eigenvalue weighted by Gasteiger charge is 2.46. The maximum atomic E-state index is 12.4. The number of halogens is 3. The molecule has 1 aliphatic carbocycles. The largest absolute Gasteiger partial charge is 0.573 e. The predicted octanol–water partition coefficient (Wildman–Crippen LogP) is 4.46. The Kier molecular flexibility index (Phi) is 4.95. The Morgan fingerprint density at radius 2 is 1.93 bits per heavy atom. The first-order chi connectivity index (χ1) is 12.8. The Morgan fingerprint density at radius 3 is 2.59 bits per heavy atom. The van der Waals surface area contributed by atoms with E-state index in [0.717, 1.165) is 5.56 Å². The van der Waals surface area contributed by atoms with Crippen LogP contribution in [0.2, 0.25) is 0 Å². The number of urea groups is 1. The number of alkyl halides is 3. The van der Waals surface area contributed by atoms with Crippen molar-refractivity contribution in [1.29, 1.82) is 5.26 Å². The number of nitrogens with one attached hydrogen (secondary N) is 2. The van der Waals surface area contributed by atoms with Crippen molar-refractivity contribution in [3.8, 4) is 11.8 Å². The van der Waals surface area contributed by atoms with Gasteiger partial charge in [-0.15, -0.1) is 13.2 Å². The van der Waals surface area contributed by atoms with Crippen molar-refractivity contribution in [3.63, 3.8) is 0 Å². The minimum Gasteiger partial charge on any atom is -0.406 e. The van der Waals surface area contributed by atoms with Crippen LogP contribution < -0.4 is 15.4 Å². The zero-order valence-corrected chi connectivity index (χ0v) is 14.1. The van der Waals surface area contributed by atoms with Gasteiger partial charge >= 0.3 is 12.4 Å². The quantitative estimate of drug-likeness (QED) is 0.810. The van der Waals surface area contributed by atoms with Crippen LogP contribution in [-0.2, 0) is 12.0 Å². The second-order valence-corrected chi connectivity index (χ2v) is 6.27. The molecule has 0 aromatic heterocycles. The Balaban J connectivity index is 1.68. The summed E-state index contributed by atoms with van der Waals surface area (Å²) in [4.78, 5) is 12.3. The van der Waals surface area contributed by atoms with Crippen molar-refractivity contribution in [1.82, 2.24) is 5.32 Å². The molecule has 0 spiro atoms. The molecule has 1 fully saturated rings. The van der Waals surface area contributed by atoms with Gasteiger partial charge < -0.3 is 15.4 Å². The number of anilines is 1. The first-order valence-electron chi connectivity index (χ1n) is 8.21. The van der Waals surface area contributed by atoms with Crippen LogP contribution in [0.4, 0.5) is 23.7 Å². The molecule has 1 aliphatic rings. The van der Waals surface area contributed by atoms with Gasteiger partial charge in [-0.05, 0) is 48.2 Å². The first kappa shape index (κ1) is 18.6. The van der Waals surface area contributed by atoms with E-state index in [-0.39, 0.29) is 12.2 Å². The molecule has 2 amide bonds. The van der Waals surface area contributed by atoms with Gasteiger partial charge in [-0.3, -0.25) is 0 Å². The van der Waals surface area contributed by atoms with E-state index in [1.165, 1.54) is 18.2 Å². The minimum atomic E-state index is -4.77. The third-order valence-electron chi connectivity index (χ3n) is 4.19. The second kappa shape index (κ2) is 7.19. The summed E-state index contributed by atoms with van der Waals surface area (Å²) in [5.41, 5.74) is 1.15. The van der Waals surface area contributed by atoms with E-state index in [2.05, 4.69) is 15.4 Å². The van der Waals surface area contributed by atoms with Gasteiger partial charge in [-0.1, -0.05) is 24.3 Å². The number of benzene rings is 2. The topological polar surface area (TPSA) is 74.2 Å². The number of carbonyl (C=O) groups excluding carboxylic acids is 1. The lowest BCUT2D eigenvalue weighted by Gasteiger charge is -2.20. The van der Waals surface area contributed by atoms with Crippen molar-refractivity contribution in [3.05, 3.63) is 59.7 Å². The molecule has 5 nitrogen and oxygen atoms in total. The number of carbonyl (C=O) groups is 1. The molecule has 0 bridgehead atoms. The zero-order valence-electron chi connectivity index (χ0n) is 14.1. The van der Waals surface area contributed by atoms with Gasteiger partial charge in [0.1, 0.15) is 5.75 Å². The molecule has 1 saturated carbocycles. The Labute approximate surface area is 153 Å². The van der Waals surface area contributed by atoms with Crippen LogP contribution in [0.1, 0.15) is 24.0 Å². The first-order valence-corrected chi connectivity index (χ1v) is 8.21. The fraction of sp³-hybridized carbons (Fsp3) is 0.263. The number of amides is 2. The fourth-order valence-electron chi connectivity index (χ4n) is 2.83. The summed E-state index contributed by atoms with van der Waals surface area (Å²) in [6.07, 6.45) is -3.31. The maximum Gasteiger partial charge on any atom is 0.573 e. The summed E-state index contributed by atoms with van der Waals surface area (Å²) in [5.74, 6) is -0.322. The average molecular weight is 375 g/mol. The molecule has 3 rings (SSSR count). The molecule has 140 valence electrons. The highest BCUT2D eigenvalue weighted by molar-refractivity contribution is 5.90. The van der Waals surface area contributed by atoms with Gasteiger partial charge in [0.2, 0.25) is 0 Å². The van der Waals surface area contributed by atoms with Crippen LogP contribution >= 0.6 is 0 Å². The SMILES string of the molecule is N#CCc1cccc(NC(=O)NC2(c3cccc(OC(F)(F)F)c3)CC2)c1. The summed E-state index contributed by atoms with van der Waals surface area (Å²) < 4.78 is 41.2. The summed E-state index contributed by atoms with van der Waals surface area (Å²) in [5, 5.41) is 14.3. The molecular weight excluding hydrogens is 359 g/mol. The van der Waals surface area contributed by atoms with Gasteiger partial charge in [-0.25, -0.2) is 4.79 Å². The predicted molar refractivity (Wildman–Crippen MR) is 92.0 cm³/mol. The number of hydrogen-bond acceptors (Lipinski definition) is 3. The lowest BCUT2D eigenvalue weighted by molar-refractivity contribution is -0.274. The molecule has 0 saturated heterocycles. The van der Waals surface area contributed by atoms with E-state index in [9.17, 15) is 18.0 Å². The number of hydrogen-bond donors (Lipinski definition) is 2. The van der Waals surface area contributed by atoms with E-state index >= 15 is 0 Å². The van der Waals surface area contributed by atoms with E-state index in [0.29, 0.717) is 24.1 Å². The van der Waals surface area contributed by atoms with Crippen molar-refractivity contribution in [2.45, 2.75) is 31.2 Å². The molecule has 8 heteroatoms. The van der Waals surface area contributed by atoms with Crippen LogP contribution in [0.25, 0.3) is 0 Å². The highest BCUT2D eigenvalue weighted by Crippen LogP contribution is 2.46. The molecule has 0 radical (unpaired) electrons. The third kappa shape index (κ3) is 4.91. The van der Waals surface area contributed by atoms with Crippen molar-refractivity contribution < 1.29 is 22.7 Å². The van der Waals surface area contributed by atoms with E-state index < -0.39 is 17.9 Å². The molecular formula is C19H16F3N3O2. The van der Waals surface area contributed by atoms with Crippen molar-refractivity contribution in [2.24, 2.45) is 0 Å². The number of nitriles is 1. The van der Waals surface area contributed by atoms with Crippen LogP contribution in [0.5, 0.6) is 5.75 Å². The summed E-state index contributed by atoms with van der Waals surface area (Å²) in [7, 11) is 0. The van der Waals surface area contributed by atoms with Gasteiger partial charge in [0, 0.05) is 5.69 Å². The fourth-order valence-corrected chi connectivity index (χ4v) is 2.83. The zero-order chi connectivity index (χ0) is 19.5. The molecule has 2 aromatic carbocycles. The third-order valence-corrected chi connectivity index (χ3v) is 4.19. The maximum absolute atomic E-state index is 12.4. The van der Waals surface area contributed by atoms with E-state index in [1.54, 1.807) is 30.3 Å². The summed E-state index contributed by atoms with van der Waals surface area (Å²) >= 11 is 0. The molecule has 0 heterocycles. The molecule has 0 atom stereocenters. The van der Waals surface area contributed by atoms with Gasteiger partial charge in [-0.2, -0.15) is 5.26 Å². The Hall–Kier alpha value is -3.21. The number of rotatable bonds is 5. The van der Waals surface area contributed by atoms with Crippen LogP contribution in [-0.4, -0.2) is 12.4 Å². The van der Waals surface area contributed by atoms with Gasteiger partial charge in [0.05, 0.1) is 18.0 Å². The van der Waals surface area contributed by atoms with Gasteiger partial charge in [0.25, 0.3) is 0 Å². The average Bonchev–Trinajstić information content (AvgIpc) is 3.35. The molecule has 27 heavy (non-hydrogen) atoms. The molecule has 0 unspecified atom stereocenters. The number of nitrogens with zero attached hydrogens (tertiary/aromatic N) is 1. The summed E-state index contributed by atoms with van der Waals surface area (Å²) in [6, 6.07) is 14.1. The molecule has 2 aromatic rings. The monoisotopic (exact) mass is 375 g/mol. The van der Waals surface area contributed by atoms with Crippen molar-refractivity contribution in [2.75, 3.05) is 5.32 Å². The Morgan fingerprint density at radius 1 is 1.19 bits per heavy atom. The van der Waals surface area contributed by atoms with Crippen LogP contribution in [0, 0.1) is 11.3 Å². The van der Waals surface area contributed by atoms with Crippen LogP contribution in [0.15, 0.2) is 48.5 Å². The normalized spacial score (nSPS) is 14.7. The van der Waals surface area contributed by atoms with Crippen LogP contribution in [0.3, 0.4) is 0 Å². The standard InChI is InChI=1S/C19H16F3N3O2/c20-19(21,22)27-16-6-2-4-14(12-16)18(8-9-18)25-17(26)24-15-5-1-3-13(11-15)7-10-23/h1-6,11-12H,7-9H2,(H2,24,25,26). The summed E-state index contributed by atoms with van der Waals surface area (Å²) in [6.45, 7) is 0. The second-order valence-electron chi connectivity index (χ2n) is 6.27. The Bertz CT molecular complexity index is 886.